The van der Waals surface area contributed by atoms with E-state index in [9.17, 15) is 0 Å². The summed E-state index contributed by atoms with van der Waals surface area (Å²) in [5, 5.41) is 10.6. The van der Waals surface area contributed by atoms with Gasteiger partial charge < -0.3 is 10.6 Å². The molecule has 0 spiro atoms. The fraction of sp³-hybridized carbons (Fsp3) is 0.438. The predicted molar refractivity (Wildman–Crippen MR) is 93.0 cm³/mol. The highest BCUT2D eigenvalue weighted by molar-refractivity contribution is 7.13. The number of nitrogens with one attached hydrogen (secondary N) is 2. The number of nitrogens with zero attached hydrogens (tertiary/aromatic N) is 1. The molecule has 0 saturated heterocycles. The molecule has 0 aliphatic heterocycles. The fourth-order valence-corrected chi connectivity index (χ4v) is 2.99. The van der Waals surface area contributed by atoms with Crippen molar-refractivity contribution >= 4 is 33.8 Å². The molecular weight excluding hydrogens is 302 g/mol. The van der Waals surface area contributed by atoms with Crippen LogP contribution in [0.15, 0.2) is 23.6 Å². The van der Waals surface area contributed by atoms with Gasteiger partial charge in [-0.15, -0.1) is 11.3 Å². The zero-order chi connectivity index (χ0) is 15.2. The second-order valence-electron chi connectivity index (χ2n) is 5.29. The van der Waals surface area contributed by atoms with Gasteiger partial charge in [0.25, 0.3) is 0 Å². The van der Waals surface area contributed by atoms with E-state index in [1.54, 1.807) is 11.3 Å². The van der Waals surface area contributed by atoms with E-state index in [4.69, 9.17) is 11.6 Å². The SMILES string of the molecule is CCCNC(C)Cc1csc(Nc2cc(Cl)ccc2C)n1. The largest absolute Gasteiger partial charge is 0.331 e. The van der Waals surface area contributed by atoms with E-state index >= 15 is 0 Å². The standard InChI is InChI=1S/C16H22ClN3S/c1-4-7-18-12(3)8-14-10-21-16(19-14)20-15-9-13(17)6-5-11(15)2/h5-6,9-10,12,18H,4,7-8H2,1-3H3,(H,19,20). The zero-order valence-corrected chi connectivity index (χ0v) is 14.3. The Labute approximate surface area is 135 Å². The van der Waals surface area contributed by atoms with Gasteiger partial charge in [0.15, 0.2) is 5.13 Å². The predicted octanol–water partition coefficient (Wildman–Crippen LogP) is 4.78. The van der Waals surface area contributed by atoms with E-state index in [0.29, 0.717) is 6.04 Å². The van der Waals surface area contributed by atoms with Crippen molar-refractivity contribution in [2.24, 2.45) is 0 Å². The minimum absolute atomic E-state index is 0.452. The third-order valence-electron chi connectivity index (χ3n) is 3.25. The van der Waals surface area contributed by atoms with Crippen LogP contribution < -0.4 is 10.6 Å². The van der Waals surface area contributed by atoms with E-state index in [-0.39, 0.29) is 0 Å². The number of benzene rings is 1. The topological polar surface area (TPSA) is 37.0 Å². The van der Waals surface area contributed by atoms with Crippen molar-refractivity contribution in [3.05, 3.63) is 39.9 Å². The van der Waals surface area contributed by atoms with Crippen LogP contribution in [-0.4, -0.2) is 17.6 Å². The van der Waals surface area contributed by atoms with Crippen LogP contribution in [0.2, 0.25) is 5.02 Å². The van der Waals surface area contributed by atoms with Crippen molar-refractivity contribution in [2.75, 3.05) is 11.9 Å². The molecule has 1 aromatic heterocycles. The van der Waals surface area contributed by atoms with Gasteiger partial charge >= 0.3 is 0 Å². The third-order valence-corrected chi connectivity index (χ3v) is 4.29. The molecule has 0 aliphatic rings. The quantitative estimate of drug-likeness (QED) is 0.770. The number of halogens is 1. The van der Waals surface area contributed by atoms with Crippen molar-refractivity contribution in [2.45, 2.75) is 39.7 Å². The smallest absolute Gasteiger partial charge is 0.187 e. The number of hydrogen-bond donors (Lipinski definition) is 2. The number of hydrogen-bond acceptors (Lipinski definition) is 4. The lowest BCUT2D eigenvalue weighted by molar-refractivity contribution is 0.540. The maximum Gasteiger partial charge on any atom is 0.187 e. The van der Waals surface area contributed by atoms with Crippen molar-refractivity contribution in [3.63, 3.8) is 0 Å². The Morgan fingerprint density at radius 3 is 2.95 bits per heavy atom. The fourth-order valence-electron chi connectivity index (χ4n) is 2.08. The molecule has 2 N–H and O–H groups in total. The first-order valence-electron chi connectivity index (χ1n) is 7.29. The molecule has 0 aliphatic carbocycles. The van der Waals surface area contributed by atoms with Crippen LogP contribution in [0.25, 0.3) is 0 Å². The highest BCUT2D eigenvalue weighted by Crippen LogP contribution is 2.26. The number of anilines is 2. The van der Waals surface area contributed by atoms with Gasteiger partial charge in [0.1, 0.15) is 0 Å². The molecular formula is C16H22ClN3S. The Hall–Kier alpha value is -1.10. The molecule has 2 rings (SSSR count). The molecule has 0 saturated carbocycles. The molecule has 0 fully saturated rings. The molecule has 5 heteroatoms. The van der Waals surface area contributed by atoms with Crippen LogP contribution in [0.1, 0.15) is 31.5 Å². The highest BCUT2D eigenvalue weighted by atomic mass is 35.5. The normalized spacial score (nSPS) is 12.4. The van der Waals surface area contributed by atoms with Crippen molar-refractivity contribution in [1.82, 2.24) is 10.3 Å². The molecule has 0 radical (unpaired) electrons. The lowest BCUT2D eigenvalue weighted by Crippen LogP contribution is -2.28. The highest BCUT2D eigenvalue weighted by Gasteiger charge is 2.08. The summed E-state index contributed by atoms with van der Waals surface area (Å²) in [6.07, 6.45) is 2.11. The van der Waals surface area contributed by atoms with Crippen molar-refractivity contribution in [3.8, 4) is 0 Å². The van der Waals surface area contributed by atoms with Crippen molar-refractivity contribution < 1.29 is 0 Å². The number of thiazole rings is 1. The van der Waals surface area contributed by atoms with E-state index < -0.39 is 0 Å². The molecule has 1 aromatic carbocycles. The Morgan fingerprint density at radius 2 is 2.19 bits per heavy atom. The van der Waals surface area contributed by atoms with Gasteiger partial charge in [-0.3, -0.25) is 0 Å². The first-order valence-corrected chi connectivity index (χ1v) is 8.55. The zero-order valence-electron chi connectivity index (χ0n) is 12.7. The third kappa shape index (κ3) is 4.99. The Morgan fingerprint density at radius 1 is 1.38 bits per heavy atom. The monoisotopic (exact) mass is 323 g/mol. The molecule has 1 atom stereocenters. The molecule has 0 amide bonds. The maximum absolute atomic E-state index is 6.04. The summed E-state index contributed by atoms with van der Waals surface area (Å²) in [5.74, 6) is 0. The number of aryl methyl sites for hydroxylation is 1. The van der Waals surface area contributed by atoms with Crippen LogP contribution in [0.4, 0.5) is 10.8 Å². The summed E-state index contributed by atoms with van der Waals surface area (Å²) in [4.78, 5) is 4.65. The van der Waals surface area contributed by atoms with E-state index in [0.717, 1.165) is 46.5 Å². The lowest BCUT2D eigenvalue weighted by Gasteiger charge is -2.11. The Balaban J connectivity index is 1.98. The average molecular weight is 324 g/mol. The van der Waals surface area contributed by atoms with Crippen LogP contribution in [-0.2, 0) is 6.42 Å². The van der Waals surface area contributed by atoms with Gasteiger partial charge in [-0.25, -0.2) is 4.98 Å². The molecule has 3 nitrogen and oxygen atoms in total. The van der Waals surface area contributed by atoms with E-state index in [2.05, 4.69) is 41.8 Å². The second-order valence-corrected chi connectivity index (χ2v) is 6.58. The summed E-state index contributed by atoms with van der Waals surface area (Å²) in [6.45, 7) is 7.49. The van der Waals surface area contributed by atoms with Gasteiger partial charge in [-0.05, 0) is 44.5 Å². The van der Waals surface area contributed by atoms with Crippen LogP contribution in [0, 0.1) is 6.92 Å². The molecule has 1 heterocycles. The first kappa shape index (κ1) is 16.3. The molecule has 1 unspecified atom stereocenters. The second kappa shape index (κ2) is 7.78. The number of aromatic nitrogens is 1. The minimum atomic E-state index is 0.452. The van der Waals surface area contributed by atoms with Crippen molar-refractivity contribution in [1.29, 1.82) is 0 Å². The Kier molecular flexibility index (Phi) is 6.03. The van der Waals surface area contributed by atoms with E-state index in [1.807, 2.05) is 18.2 Å². The summed E-state index contributed by atoms with van der Waals surface area (Å²) < 4.78 is 0. The first-order chi connectivity index (χ1) is 10.1. The Bertz CT molecular complexity index is 583. The molecule has 2 aromatic rings. The average Bonchev–Trinajstić information content (AvgIpc) is 2.88. The lowest BCUT2D eigenvalue weighted by atomic mass is 10.2. The van der Waals surface area contributed by atoms with Crippen LogP contribution in [0.5, 0.6) is 0 Å². The van der Waals surface area contributed by atoms with E-state index in [1.165, 1.54) is 0 Å². The summed E-state index contributed by atoms with van der Waals surface area (Å²) in [7, 11) is 0. The maximum atomic E-state index is 6.04. The van der Waals surface area contributed by atoms with Gasteiger partial charge in [0.2, 0.25) is 0 Å². The van der Waals surface area contributed by atoms with Crippen LogP contribution in [0.3, 0.4) is 0 Å². The van der Waals surface area contributed by atoms with Gasteiger partial charge in [0, 0.05) is 28.6 Å². The van der Waals surface area contributed by atoms with Gasteiger partial charge in [-0.2, -0.15) is 0 Å². The van der Waals surface area contributed by atoms with Gasteiger partial charge in [-0.1, -0.05) is 24.6 Å². The molecule has 21 heavy (non-hydrogen) atoms. The van der Waals surface area contributed by atoms with Gasteiger partial charge in [0.05, 0.1) is 5.69 Å². The minimum Gasteiger partial charge on any atom is -0.331 e. The summed E-state index contributed by atoms with van der Waals surface area (Å²) >= 11 is 7.67. The summed E-state index contributed by atoms with van der Waals surface area (Å²) in [6, 6.07) is 6.29. The molecule has 114 valence electrons. The number of rotatable bonds is 7. The molecule has 0 bridgehead atoms. The summed E-state index contributed by atoms with van der Waals surface area (Å²) in [5.41, 5.74) is 3.30. The van der Waals surface area contributed by atoms with Crippen LogP contribution >= 0.6 is 22.9 Å².